The van der Waals surface area contributed by atoms with Crippen LogP contribution >= 0.6 is 23.2 Å². The molecule has 1 heterocycles. The van der Waals surface area contributed by atoms with E-state index in [-0.39, 0.29) is 6.61 Å². The molecule has 0 N–H and O–H groups in total. The number of carbonyl (C=O) groups is 1. The van der Waals surface area contributed by atoms with Crippen molar-refractivity contribution >= 4 is 35.2 Å². The van der Waals surface area contributed by atoms with Crippen molar-refractivity contribution < 1.29 is 9.53 Å². The van der Waals surface area contributed by atoms with Crippen LogP contribution in [-0.4, -0.2) is 11.0 Å². The van der Waals surface area contributed by atoms with Gasteiger partial charge in [-0.05, 0) is 29.8 Å². The van der Waals surface area contributed by atoms with E-state index in [1.54, 1.807) is 36.5 Å². The number of benzene rings is 1. The number of rotatable bonds is 4. The van der Waals surface area contributed by atoms with Crippen LogP contribution < -0.4 is 0 Å². The minimum atomic E-state index is -0.431. The molecule has 102 valence electrons. The van der Waals surface area contributed by atoms with Crippen LogP contribution in [0.5, 0.6) is 0 Å². The van der Waals surface area contributed by atoms with Gasteiger partial charge in [0, 0.05) is 22.9 Å². The second-order valence-electron chi connectivity index (χ2n) is 3.99. The van der Waals surface area contributed by atoms with Crippen LogP contribution in [0.4, 0.5) is 0 Å². The minimum Gasteiger partial charge on any atom is -0.458 e. The molecule has 1 aromatic heterocycles. The van der Waals surface area contributed by atoms with Gasteiger partial charge in [-0.25, -0.2) is 9.78 Å². The van der Waals surface area contributed by atoms with E-state index >= 15 is 0 Å². The SMILES string of the molecule is O=C(/C=C/c1cccc(Cl)c1)OCc1ccc(Cl)nc1. The lowest BCUT2D eigenvalue weighted by Crippen LogP contribution is -2.00. The number of pyridine rings is 1. The number of ether oxygens (including phenoxy) is 1. The molecule has 3 nitrogen and oxygen atoms in total. The molecule has 0 atom stereocenters. The van der Waals surface area contributed by atoms with E-state index in [0.717, 1.165) is 11.1 Å². The summed E-state index contributed by atoms with van der Waals surface area (Å²) in [4.78, 5) is 15.5. The number of carbonyl (C=O) groups excluding carboxylic acids is 1. The number of esters is 1. The summed E-state index contributed by atoms with van der Waals surface area (Å²) in [6, 6.07) is 10.6. The second kappa shape index (κ2) is 7.08. The van der Waals surface area contributed by atoms with Crippen LogP contribution in [0.25, 0.3) is 6.08 Å². The normalized spacial score (nSPS) is 10.7. The molecule has 2 aromatic rings. The predicted molar refractivity (Wildman–Crippen MR) is 79.5 cm³/mol. The summed E-state index contributed by atoms with van der Waals surface area (Å²) >= 11 is 11.5. The molecule has 2 rings (SSSR count). The first-order valence-electron chi connectivity index (χ1n) is 5.84. The highest BCUT2D eigenvalue weighted by Gasteiger charge is 2.00. The molecule has 0 fully saturated rings. The molecular formula is C15H11Cl2NO2. The zero-order valence-corrected chi connectivity index (χ0v) is 11.9. The topological polar surface area (TPSA) is 39.2 Å². The van der Waals surface area contributed by atoms with Gasteiger partial charge >= 0.3 is 5.97 Å². The fraction of sp³-hybridized carbons (Fsp3) is 0.0667. The lowest BCUT2D eigenvalue weighted by atomic mass is 10.2. The second-order valence-corrected chi connectivity index (χ2v) is 4.81. The minimum absolute atomic E-state index is 0.156. The molecule has 0 amide bonds. The third kappa shape index (κ3) is 4.68. The Kier molecular flexibility index (Phi) is 5.16. The van der Waals surface area contributed by atoms with E-state index in [0.29, 0.717) is 10.2 Å². The summed E-state index contributed by atoms with van der Waals surface area (Å²) in [7, 11) is 0. The van der Waals surface area contributed by atoms with Crippen molar-refractivity contribution in [3.05, 3.63) is 70.0 Å². The summed E-state index contributed by atoms with van der Waals surface area (Å²) in [5.74, 6) is -0.431. The van der Waals surface area contributed by atoms with Gasteiger partial charge in [-0.2, -0.15) is 0 Å². The Bertz CT molecular complexity index is 624. The van der Waals surface area contributed by atoms with Gasteiger partial charge in [0.1, 0.15) is 11.8 Å². The first-order valence-corrected chi connectivity index (χ1v) is 6.60. The van der Waals surface area contributed by atoms with Crippen molar-refractivity contribution in [2.45, 2.75) is 6.61 Å². The molecule has 0 saturated carbocycles. The van der Waals surface area contributed by atoms with Gasteiger partial charge < -0.3 is 4.74 Å². The fourth-order valence-electron chi connectivity index (χ4n) is 1.47. The van der Waals surface area contributed by atoms with Crippen LogP contribution in [0.1, 0.15) is 11.1 Å². The molecule has 0 aliphatic heterocycles. The standard InChI is InChI=1S/C15H11Cl2NO2/c16-13-3-1-2-11(8-13)5-7-15(19)20-10-12-4-6-14(17)18-9-12/h1-9H,10H2/b7-5+. The van der Waals surface area contributed by atoms with Crippen molar-refractivity contribution in [2.75, 3.05) is 0 Å². The van der Waals surface area contributed by atoms with Gasteiger partial charge in [-0.15, -0.1) is 0 Å². The predicted octanol–water partition coefficient (Wildman–Crippen LogP) is 4.15. The highest BCUT2D eigenvalue weighted by molar-refractivity contribution is 6.30. The largest absolute Gasteiger partial charge is 0.458 e. The number of hydrogen-bond acceptors (Lipinski definition) is 3. The van der Waals surface area contributed by atoms with Crippen LogP contribution in [0.2, 0.25) is 10.2 Å². The molecular weight excluding hydrogens is 297 g/mol. The van der Waals surface area contributed by atoms with Gasteiger partial charge in [0.15, 0.2) is 0 Å². The maximum atomic E-state index is 11.6. The molecule has 5 heteroatoms. The maximum Gasteiger partial charge on any atom is 0.331 e. The van der Waals surface area contributed by atoms with Crippen molar-refractivity contribution in [3.8, 4) is 0 Å². The lowest BCUT2D eigenvalue weighted by molar-refractivity contribution is -0.138. The highest BCUT2D eigenvalue weighted by Crippen LogP contribution is 2.12. The number of aromatic nitrogens is 1. The molecule has 0 aliphatic carbocycles. The van der Waals surface area contributed by atoms with Gasteiger partial charge in [-0.3, -0.25) is 0 Å². The Hall–Kier alpha value is -1.84. The van der Waals surface area contributed by atoms with E-state index < -0.39 is 5.97 Å². The summed E-state index contributed by atoms with van der Waals surface area (Å²) in [6.45, 7) is 0.156. The Morgan fingerprint density at radius 2 is 2.10 bits per heavy atom. The third-order valence-electron chi connectivity index (χ3n) is 2.43. The van der Waals surface area contributed by atoms with E-state index in [1.807, 2.05) is 12.1 Å². The number of nitrogens with zero attached hydrogens (tertiary/aromatic N) is 1. The van der Waals surface area contributed by atoms with Gasteiger partial charge in [-0.1, -0.05) is 41.4 Å². The summed E-state index contributed by atoms with van der Waals surface area (Å²) < 4.78 is 5.08. The van der Waals surface area contributed by atoms with Crippen molar-refractivity contribution in [1.29, 1.82) is 0 Å². The first-order chi connectivity index (χ1) is 9.63. The molecule has 0 aliphatic rings. The van der Waals surface area contributed by atoms with Crippen molar-refractivity contribution in [2.24, 2.45) is 0 Å². The van der Waals surface area contributed by atoms with E-state index in [9.17, 15) is 4.79 Å². The Morgan fingerprint density at radius 3 is 2.80 bits per heavy atom. The van der Waals surface area contributed by atoms with E-state index in [1.165, 1.54) is 6.08 Å². The molecule has 0 unspecified atom stereocenters. The van der Waals surface area contributed by atoms with Gasteiger partial charge in [0.05, 0.1) is 0 Å². The first kappa shape index (κ1) is 14.6. The van der Waals surface area contributed by atoms with Crippen LogP contribution in [0, 0.1) is 0 Å². The van der Waals surface area contributed by atoms with Crippen LogP contribution in [-0.2, 0) is 16.1 Å². The monoisotopic (exact) mass is 307 g/mol. The highest BCUT2D eigenvalue weighted by atomic mass is 35.5. The van der Waals surface area contributed by atoms with Crippen molar-refractivity contribution in [1.82, 2.24) is 4.98 Å². The smallest absolute Gasteiger partial charge is 0.331 e. The lowest BCUT2D eigenvalue weighted by Gasteiger charge is -2.01. The van der Waals surface area contributed by atoms with Crippen LogP contribution in [0.3, 0.4) is 0 Å². The number of hydrogen-bond donors (Lipinski definition) is 0. The van der Waals surface area contributed by atoms with Crippen molar-refractivity contribution in [3.63, 3.8) is 0 Å². The molecule has 20 heavy (non-hydrogen) atoms. The van der Waals surface area contributed by atoms with E-state index in [4.69, 9.17) is 27.9 Å². The van der Waals surface area contributed by atoms with Gasteiger partial charge in [0.25, 0.3) is 0 Å². The molecule has 0 spiro atoms. The quantitative estimate of drug-likeness (QED) is 0.484. The summed E-state index contributed by atoms with van der Waals surface area (Å²) in [5, 5.41) is 1.02. The maximum absolute atomic E-state index is 11.6. The zero-order valence-electron chi connectivity index (χ0n) is 10.4. The van der Waals surface area contributed by atoms with Gasteiger partial charge in [0.2, 0.25) is 0 Å². The Morgan fingerprint density at radius 1 is 1.25 bits per heavy atom. The zero-order chi connectivity index (χ0) is 14.4. The average Bonchev–Trinajstić information content (AvgIpc) is 2.45. The Labute approximate surface area is 126 Å². The summed E-state index contributed by atoms with van der Waals surface area (Å²) in [6.07, 6.45) is 4.57. The molecule has 0 bridgehead atoms. The Balaban J connectivity index is 1.88. The number of halogens is 2. The summed E-state index contributed by atoms with van der Waals surface area (Å²) in [5.41, 5.74) is 1.61. The molecule has 0 saturated heterocycles. The third-order valence-corrected chi connectivity index (χ3v) is 2.89. The fourth-order valence-corrected chi connectivity index (χ4v) is 1.78. The van der Waals surface area contributed by atoms with Crippen LogP contribution in [0.15, 0.2) is 48.7 Å². The molecule has 0 radical (unpaired) electrons. The van der Waals surface area contributed by atoms with E-state index in [2.05, 4.69) is 4.98 Å². The average molecular weight is 308 g/mol. The molecule has 1 aromatic carbocycles.